The van der Waals surface area contributed by atoms with Crippen LogP contribution in [0.5, 0.6) is 0 Å². The summed E-state index contributed by atoms with van der Waals surface area (Å²) >= 11 is 0. The van der Waals surface area contributed by atoms with Gasteiger partial charge in [0.1, 0.15) is 5.82 Å². The summed E-state index contributed by atoms with van der Waals surface area (Å²) in [5, 5.41) is 2.93. The van der Waals surface area contributed by atoms with E-state index < -0.39 is 0 Å². The lowest BCUT2D eigenvalue weighted by molar-refractivity contribution is 0.567. The van der Waals surface area contributed by atoms with Crippen molar-refractivity contribution >= 4 is 5.82 Å². The first-order valence-electron chi connectivity index (χ1n) is 6.59. The van der Waals surface area contributed by atoms with Gasteiger partial charge in [-0.15, -0.1) is 0 Å². The molecule has 0 saturated heterocycles. The Hall–Kier alpha value is -2.37. The third-order valence-corrected chi connectivity index (χ3v) is 2.99. The van der Waals surface area contributed by atoms with E-state index >= 15 is 0 Å². The van der Waals surface area contributed by atoms with E-state index in [0.717, 1.165) is 6.42 Å². The van der Waals surface area contributed by atoms with Crippen LogP contribution in [0.25, 0.3) is 0 Å². The molecular formula is C14H18N4O2. The van der Waals surface area contributed by atoms with Gasteiger partial charge in [-0.25, -0.2) is 9.78 Å². The molecule has 2 aromatic rings. The van der Waals surface area contributed by atoms with Gasteiger partial charge in [0.05, 0.1) is 12.2 Å². The molecule has 2 aromatic heterocycles. The molecule has 0 bridgehead atoms. The summed E-state index contributed by atoms with van der Waals surface area (Å²) in [4.78, 5) is 28.4. The third kappa shape index (κ3) is 2.96. The quantitative estimate of drug-likeness (QED) is 0.879. The number of anilines is 1. The second-order valence-corrected chi connectivity index (χ2v) is 4.48. The highest BCUT2D eigenvalue weighted by atomic mass is 16.2. The smallest absolute Gasteiger partial charge is 0.331 e. The van der Waals surface area contributed by atoms with Gasteiger partial charge >= 0.3 is 5.69 Å². The van der Waals surface area contributed by atoms with E-state index in [1.165, 1.54) is 10.6 Å². The molecule has 0 saturated carbocycles. The molecule has 0 aliphatic rings. The lowest BCUT2D eigenvalue weighted by Gasteiger charge is -2.09. The van der Waals surface area contributed by atoms with Gasteiger partial charge in [-0.05, 0) is 18.6 Å². The molecule has 106 valence electrons. The van der Waals surface area contributed by atoms with Crippen molar-refractivity contribution in [2.24, 2.45) is 0 Å². The molecule has 0 spiro atoms. The molecule has 2 heterocycles. The SMILES string of the molecule is CCCn1ccc(=O)n(Cc2cccc(NC)n2)c1=O. The van der Waals surface area contributed by atoms with Gasteiger partial charge in [-0.1, -0.05) is 13.0 Å². The van der Waals surface area contributed by atoms with E-state index in [4.69, 9.17) is 0 Å². The topological polar surface area (TPSA) is 68.9 Å². The molecule has 0 aliphatic heterocycles. The molecule has 0 radical (unpaired) electrons. The van der Waals surface area contributed by atoms with Crippen molar-refractivity contribution in [3.63, 3.8) is 0 Å². The summed E-state index contributed by atoms with van der Waals surface area (Å²) in [6.07, 6.45) is 2.38. The number of nitrogens with zero attached hydrogens (tertiary/aromatic N) is 3. The summed E-state index contributed by atoms with van der Waals surface area (Å²) in [5.74, 6) is 0.709. The predicted molar refractivity (Wildman–Crippen MR) is 78.1 cm³/mol. The second kappa shape index (κ2) is 6.18. The van der Waals surface area contributed by atoms with Gasteiger partial charge in [0.2, 0.25) is 0 Å². The Morgan fingerprint density at radius 1 is 1.25 bits per heavy atom. The molecule has 0 atom stereocenters. The normalized spacial score (nSPS) is 10.5. The molecule has 6 nitrogen and oxygen atoms in total. The van der Waals surface area contributed by atoms with Gasteiger partial charge < -0.3 is 9.88 Å². The van der Waals surface area contributed by atoms with Gasteiger partial charge in [0.25, 0.3) is 5.56 Å². The fourth-order valence-corrected chi connectivity index (χ4v) is 1.98. The Kier molecular flexibility index (Phi) is 4.34. The molecule has 20 heavy (non-hydrogen) atoms. The standard InChI is InChI=1S/C14H18N4O2/c1-3-8-17-9-7-13(19)18(14(17)20)10-11-5-4-6-12(15-2)16-11/h4-7,9H,3,8,10H2,1-2H3,(H,15,16). The van der Waals surface area contributed by atoms with Crippen LogP contribution in [0.2, 0.25) is 0 Å². The maximum atomic E-state index is 12.2. The van der Waals surface area contributed by atoms with Crippen LogP contribution in [-0.4, -0.2) is 21.2 Å². The fourth-order valence-electron chi connectivity index (χ4n) is 1.98. The van der Waals surface area contributed by atoms with Gasteiger partial charge in [-0.2, -0.15) is 0 Å². The maximum Gasteiger partial charge on any atom is 0.331 e. The van der Waals surface area contributed by atoms with Gasteiger partial charge in [0, 0.05) is 25.9 Å². The maximum absolute atomic E-state index is 12.2. The van der Waals surface area contributed by atoms with Gasteiger partial charge in [-0.3, -0.25) is 9.36 Å². The highest BCUT2D eigenvalue weighted by Crippen LogP contribution is 2.04. The fraction of sp³-hybridized carbons (Fsp3) is 0.357. The van der Waals surface area contributed by atoms with E-state index in [-0.39, 0.29) is 17.8 Å². The van der Waals surface area contributed by atoms with Crippen LogP contribution in [0.4, 0.5) is 5.82 Å². The minimum absolute atomic E-state index is 0.178. The van der Waals surface area contributed by atoms with Crippen LogP contribution in [-0.2, 0) is 13.1 Å². The van der Waals surface area contributed by atoms with Crippen molar-refractivity contribution in [2.75, 3.05) is 12.4 Å². The zero-order chi connectivity index (χ0) is 14.5. The average molecular weight is 274 g/mol. The summed E-state index contributed by atoms with van der Waals surface area (Å²) in [7, 11) is 1.77. The van der Waals surface area contributed by atoms with Crippen LogP contribution < -0.4 is 16.6 Å². The third-order valence-electron chi connectivity index (χ3n) is 2.99. The van der Waals surface area contributed by atoms with Gasteiger partial charge in [0.15, 0.2) is 0 Å². The minimum atomic E-state index is -0.306. The molecule has 6 heteroatoms. The van der Waals surface area contributed by atoms with E-state index in [9.17, 15) is 9.59 Å². The summed E-state index contributed by atoms with van der Waals surface area (Å²) in [6, 6.07) is 6.88. The molecular weight excluding hydrogens is 256 g/mol. The first-order valence-corrected chi connectivity index (χ1v) is 6.59. The van der Waals surface area contributed by atoms with Crippen LogP contribution >= 0.6 is 0 Å². The number of hydrogen-bond acceptors (Lipinski definition) is 4. The van der Waals surface area contributed by atoms with E-state index in [1.54, 1.807) is 23.9 Å². The van der Waals surface area contributed by atoms with Crippen LogP contribution in [0.15, 0.2) is 40.1 Å². The molecule has 0 amide bonds. The molecule has 0 aromatic carbocycles. The Morgan fingerprint density at radius 3 is 2.75 bits per heavy atom. The number of aromatic nitrogens is 3. The molecule has 0 aliphatic carbocycles. The van der Waals surface area contributed by atoms with Crippen molar-refractivity contribution in [1.82, 2.24) is 14.1 Å². The zero-order valence-electron chi connectivity index (χ0n) is 11.7. The molecule has 0 unspecified atom stereocenters. The van der Waals surface area contributed by atoms with Crippen molar-refractivity contribution in [2.45, 2.75) is 26.4 Å². The number of rotatable bonds is 5. The molecule has 1 N–H and O–H groups in total. The van der Waals surface area contributed by atoms with E-state index in [1.807, 2.05) is 19.1 Å². The molecule has 2 rings (SSSR count). The number of nitrogens with one attached hydrogen (secondary N) is 1. The van der Waals surface area contributed by atoms with Crippen molar-refractivity contribution in [3.8, 4) is 0 Å². The van der Waals surface area contributed by atoms with Crippen LogP contribution in [0.3, 0.4) is 0 Å². The first-order chi connectivity index (χ1) is 9.65. The Labute approximate surface area is 116 Å². The van der Waals surface area contributed by atoms with Crippen molar-refractivity contribution < 1.29 is 0 Å². The summed E-state index contributed by atoms with van der Waals surface area (Å²) in [6.45, 7) is 2.76. The Balaban J connectivity index is 2.40. The highest BCUT2D eigenvalue weighted by molar-refractivity contribution is 5.34. The van der Waals surface area contributed by atoms with E-state index in [2.05, 4.69) is 10.3 Å². The van der Waals surface area contributed by atoms with Crippen LogP contribution in [0, 0.1) is 0 Å². The predicted octanol–water partition coefficient (Wildman–Crippen LogP) is 0.905. The van der Waals surface area contributed by atoms with E-state index in [0.29, 0.717) is 18.1 Å². The Morgan fingerprint density at radius 2 is 2.05 bits per heavy atom. The first kappa shape index (κ1) is 14.0. The zero-order valence-corrected chi connectivity index (χ0v) is 11.7. The summed E-state index contributed by atoms with van der Waals surface area (Å²) < 4.78 is 2.75. The van der Waals surface area contributed by atoms with Crippen LogP contribution in [0.1, 0.15) is 19.0 Å². The Bertz CT molecular complexity index is 703. The molecule has 0 fully saturated rings. The highest BCUT2D eigenvalue weighted by Gasteiger charge is 2.06. The number of aryl methyl sites for hydroxylation is 1. The largest absolute Gasteiger partial charge is 0.373 e. The number of pyridine rings is 1. The lowest BCUT2D eigenvalue weighted by Crippen LogP contribution is -2.39. The van der Waals surface area contributed by atoms with Crippen molar-refractivity contribution in [1.29, 1.82) is 0 Å². The second-order valence-electron chi connectivity index (χ2n) is 4.48. The lowest BCUT2D eigenvalue weighted by atomic mass is 10.3. The average Bonchev–Trinajstić information content (AvgIpc) is 2.47. The number of hydrogen-bond donors (Lipinski definition) is 1. The summed E-state index contributed by atoms with van der Waals surface area (Å²) in [5.41, 5.74) is 0.0697. The minimum Gasteiger partial charge on any atom is -0.373 e. The monoisotopic (exact) mass is 274 g/mol. The van der Waals surface area contributed by atoms with Crippen molar-refractivity contribution in [3.05, 3.63) is 57.0 Å².